The summed E-state index contributed by atoms with van der Waals surface area (Å²) in [6, 6.07) is 3.85. The highest BCUT2D eigenvalue weighted by Gasteiger charge is 2.31. The molecule has 1 amide bonds. The maximum Gasteiger partial charge on any atom is 0.258 e. The molecule has 2 atom stereocenters. The van der Waals surface area contributed by atoms with Crippen LogP contribution in [0.3, 0.4) is 0 Å². The highest BCUT2D eigenvalue weighted by molar-refractivity contribution is 5.97. The SMILES string of the molecule is C[C@H]1CN(c2ncc3c(n2)CN(Cc2cccnc2)C3=O)C[C@H](C)O1. The Labute approximate surface area is 146 Å². The molecule has 0 aliphatic carbocycles. The molecule has 2 aromatic rings. The van der Waals surface area contributed by atoms with Gasteiger partial charge in [-0.3, -0.25) is 9.78 Å². The fourth-order valence-electron chi connectivity index (χ4n) is 3.46. The van der Waals surface area contributed by atoms with E-state index in [1.807, 2.05) is 12.1 Å². The summed E-state index contributed by atoms with van der Waals surface area (Å²) < 4.78 is 5.77. The van der Waals surface area contributed by atoms with E-state index in [9.17, 15) is 4.79 Å². The van der Waals surface area contributed by atoms with Gasteiger partial charge in [0.1, 0.15) is 0 Å². The van der Waals surface area contributed by atoms with Crippen molar-refractivity contribution in [3.63, 3.8) is 0 Å². The Morgan fingerprint density at radius 2 is 2.04 bits per heavy atom. The van der Waals surface area contributed by atoms with Crippen LogP contribution in [0.25, 0.3) is 0 Å². The quantitative estimate of drug-likeness (QED) is 0.847. The highest BCUT2D eigenvalue weighted by Crippen LogP contribution is 2.25. The van der Waals surface area contributed by atoms with Gasteiger partial charge in [-0.05, 0) is 25.5 Å². The second-order valence-electron chi connectivity index (χ2n) is 6.72. The Kier molecular flexibility index (Phi) is 4.09. The number of hydrogen-bond donors (Lipinski definition) is 0. The molecule has 4 heterocycles. The van der Waals surface area contributed by atoms with Gasteiger partial charge in [0.25, 0.3) is 5.91 Å². The van der Waals surface area contributed by atoms with Crippen LogP contribution in [0.15, 0.2) is 30.7 Å². The van der Waals surface area contributed by atoms with E-state index in [1.165, 1.54) is 0 Å². The van der Waals surface area contributed by atoms with Gasteiger partial charge in [0.15, 0.2) is 0 Å². The molecule has 0 radical (unpaired) electrons. The molecule has 0 aromatic carbocycles. The lowest BCUT2D eigenvalue weighted by Gasteiger charge is -2.35. The van der Waals surface area contributed by atoms with Crippen LogP contribution in [0.5, 0.6) is 0 Å². The van der Waals surface area contributed by atoms with Crippen LogP contribution < -0.4 is 4.90 Å². The van der Waals surface area contributed by atoms with Crippen LogP contribution in [0.4, 0.5) is 5.95 Å². The number of carbonyl (C=O) groups is 1. The molecule has 0 bridgehead atoms. The average Bonchev–Trinajstić information content (AvgIpc) is 2.90. The van der Waals surface area contributed by atoms with E-state index in [-0.39, 0.29) is 18.1 Å². The maximum absolute atomic E-state index is 12.6. The van der Waals surface area contributed by atoms with Crippen molar-refractivity contribution in [3.8, 4) is 0 Å². The molecule has 7 heteroatoms. The molecule has 2 aliphatic heterocycles. The number of carbonyl (C=O) groups excluding carboxylic acids is 1. The number of rotatable bonds is 3. The number of nitrogens with zero attached hydrogens (tertiary/aromatic N) is 5. The zero-order valence-electron chi connectivity index (χ0n) is 14.4. The van der Waals surface area contributed by atoms with Gasteiger partial charge < -0.3 is 14.5 Å². The van der Waals surface area contributed by atoms with Crippen molar-refractivity contribution in [2.45, 2.75) is 39.1 Å². The van der Waals surface area contributed by atoms with Crippen LogP contribution in [0, 0.1) is 0 Å². The number of amides is 1. The minimum Gasteiger partial charge on any atom is -0.372 e. The Hall–Kier alpha value is -2.54. The Morgan fingerprint density at radius 3 is 2.76 bits per heavy atom. The van der Waals surface area contributed by atoms with Crippen molar-refractivity contribution in [2.75, 3.05) is 18.0 Å². The molecule has 7 nitrogen and oxygen atoms in total. The molecule has 4 rings (SSSR count). The van der Waals surface area contributed by atoms with Gasteiger partial charge >= 0.3 is 0 Å². The molecule has 0 spiro atoms. The van der Waals surface area contributed by atoms with E-state index in [4.69, 9.17) is 4.74 Å². The second-order valence-corrected chi connectivity index (χ2v) is 6.72. The smallest absolute Gasteiger partial charge is 0.258 e. The zero-order chi connectivity index (χ0) is 17.4. The largest absolute Gasteiger partial charge is 0.372 e. The fraction of sp³-hybridized carbons (Fsp3) is 0.444. The number of anilines is 1. The Morgan fingerprint density at radius 1 is 1.24 bits per heavy atom. The van der Waals surface area contributed by atoms with Gasteiger partial charge in [-0.2, -0.15) is 0 Å². The number of ether oxygens (including phenoxy) is 1. The van der Waals surface area contributed by atoms with Crippen LogP contribution in [0.2, 0.25) is 0 Å². The van der Waals surface area contributed by atoms with E-state index in [0.717, 1.165) is 24.3 Å². The van der Waals surface area contributed by atoms with E-state index in [0.29, 0.717) is 24.6 Å². The first-order valence-corrected chi connectivity index (χ1v) is 8.54. The number of pyridine rings is 1. The Bertz CT molecular complexity index is 772. The van der Waals surface area contributed by atoms with Crippen molar-refractivity contribution in [2.24, 2.45) is 0 Å². The summed E-state index contributed by atoms with van der Waals surface area (Å²) in [5, 5.41) is 0. The van der Waals surface area contributed by atoms with Crippen molar-refractivity contribution in [3.05, 3.63) is 47.5 Å². The van der Waals surface area contributed by atoms with Crippen molar-refractivity contribution in [1.82, 2.24) is 19.9 Å². The molecular weight excluding hydrogens is 318 g/mol. The van der Waals surface area contributed by atoms with Gasteiger partial charge in [-0.25, -0.2) is 9.97 Å². The van der Waals surface area contributed by atoms with E-state index < -0.39 is 0 Å². The zero-order valence-corrected chi connectivity index (χ0v) is 14.4. The molecular formula is C18H21N5O2. The van der Waals surface area contributed by atoms with E-state index in [1.54, 1.807) is 23.5 Å². The molecule has 2 aromatic heterocycles. The molecule has 25 heavy (non-hydrogen) atoms. The first-order valence-electron chi connectivity index (χ1n) is 8.54. The third kappa shape index (κ3) is 3.19. The topological polar surface area (TPSA) is 71.5 Å². The van der Waals surface area contributed by atoms with Gasteiger partial charge in [0, 0.05) is 38.2 Å². The summed E-state index contributed by atoms with van der Waals surface area (Å²) in [5.41, 5.74) is 2.40. The van der Waals surface area contributed by atoms with Crippen molar-refractivity contribution >= 4 is 11.9 Å². The first-order chi connectivity index (χ1) is 12.1. The monoisotopic (exact) mass is 339 g/mol. The van der Waals surface area contributed by atoms with Crippen LogP contribution >= 0.6 is 0 Å². The molecule has 1 fully saturated rings. The summed E-state index contributed by atoms with van der Waals surface area (Å²) in [6.07, 6.45) is 5.46. The van der Waals surface area contributed by atoms with Crippen molar-refractivity contribution < 1.29 is 9.53 Å². The summed E-state index contributed by atoms with van der Waals surface area (Å²) in [5.74, 6) is 0.658. The van der Waals surface area contributed by atoms with E-state index in [2.05, 4.69) is 33.7 Å². The van der Waals surface area contributed by atoms with Crippen LogP contribution in [-0.2, 0) is 17.8 Å². The van der Waals surface area contributed by atoms with Gasteiger partial charge in [-0.1, -0.05) is 6.07 Å². The molecule has 0 N–H and O–H groups in total. The summed E-state index contributed by atoms with van der Waals surface area (Å²) in [4.78, 5) is 29.7. The van der Waals surface area contributed by atoms with Crippen LogP contribution in [0.1, 0.15) is 35.5 Å². The number of aromatic nitrogens is 3. The molecule has 0 saturated carbocycles. The average molecular weight is 339 g/mol. The fourth-order valence-corrected chi connectivity index (χ4v) is 3.46. The Balaban J connectivity index is 1.53. The lowest BCUT2D eigenvalue weighted by atomic mass is 10.2. The molecule has 1 saturated heterocycles. The number of fused-ring (bicyclic) bond motifs is 1. The molecule has 130 valence electrons. The lowest BCUT2D eigenvalue weighted by Crippen LogP contribution is -2.46. The van der Waals surface area contributed by atoms with Gasteiger partial charge in [0.05, 0.1) is 30.0 Å². The highest BCUT2D eigenvalue weighted by atomic mass is 16.5. The minimum absolute atomic E-state index is 0.0193. The predicted octanol–water partition coefficient (Wildman–Crippen LogP) is 1.64. The third-order valence-electron chi connectivity index (χ3n) is 4.51. The molecule has 2 aliphatic rings. The summed E-state index contributed by atoms with van der Waals surface area (Å²) >= 11 is 0. The maximum atomic E-state index is 12.6. The molecule has 0 unspecified atom stereocenters. The standard InChI is InChI=1S/C18H21N5O2/c1-12-8-23(9-13(2)25-12)18-20-7-15-16(21-18)11-22(17(15)24)10-14-4-3-5-19-6-14/h3-7,12-13H,8-11H2,1-2H3/t12-,13-/m0/s1. The minimum atomic E-state index is -0.0193. The lowest BCUT2D eigenvalue weighted by molar-refractivity contribution is -0.00573. The normalized spacial score (nSPS) is 23.0. The van der Waals surface area contributed by atoms with Crippen molar-refractivity contribution in [1.29, 1.82) is 0 Å². The van der Waals surface area contributed by atoms with Crippen LogP contribution in [-0.4, -0.2) is 51.1 Å². The predicted molar refractivity (Wildman–Crippen MR) is 92.1 cm³/mol. The van der Waals surface area contributed by atoms with E-state index >= 15 is 0 Å². The van der Waals surface area contributed by atoms with Gasteiger partial charge in [-0.15, -0.1) is 0 Å². The second kappa shape index (κ2) is 6.40. The summed E-state index contributed by atoms with van der Waals surface area (Å²) in [6.45, 7) is 6.66. The van der Waals surface area contributed by atoms with Gasteiger partial charge in [0.2, 0.25) is 5.95 Å². The summed E-state index contributed by atoms with van der Waals surface area (Å²) in [7, 11) is 0. The number of hydrogen-bond acceptors (Lipinski definition) is 6. The first kappa shape index (κ1) is 16.0. The third-order valence-corrected chi connectivity index (χ3v) is 4.51. The number of morpholine rings is 1.